The highest BCUT2D eigenvalue weighted by atomic mass is 16.6. The fraction of sp³-hybridized carbons (Fsp3) is 0.308. The lowest BCUT2D eigenvalue weighted by molar-refractivity contribution is 0.0438. The molecule has 1 atom stereocenters. The standard InChI is InChI=1S/C26H26N4O4/c31-23(21-9-4-10-22(17-21)33-24-27-13-6-14-28-24)29-15-5-11-26(12-16-29)19-30(25(32)34-26)18-20-7-2-1-3-8-20/h1-4,6-10,13-14,17H,5,11-12,15-16,18-19H2. The van der Waals surface area contributed by atoms with Crippen molar-refractivity contribution in [1.82, 2.24) is 19.8 Å². The molecule has 1 aromatic heterocycles. The van der Waals surface area contributed by atoms with Crippen LogP contribution in [0.3, 0.4) is 0 Å². The fourth-order valence-electron chi connectivity index (χ4n) is 4.57. The average molecular weight is 459 g/mol. The van der Waals surface area contributed by atoms with E-state index in [4.69, 9.17) is 9.47 Å². The molecule has 1 spiro atoms. The molecule has 1 unspecified atom stereocenters. The van der Waals surface area contributed by atoms with Crippen molar-refractivity contribution in [3.05, 3.63) is 84.2 Å². The third-order valence-electron chi connectivity index (χ3n) is 6.27. The van der Waals surface area contributed by atoms with Gasteiger partial charge in [0.25, 0.3) is 5.91 Å². The van der Waals surface area contributed by atoms with Gasteiger partial charge in [0.2, 0.25) is 0 Å². The lowest BCUT2D eigenvalue weighted by Gasteiger charge is -2.25. The number of carbonyl (C=O) groups is 2. The van der Waals surface area contributed by atoms with E-state index >= 15 is 0 Å². The molecule has 0 radical (unpaired) electrons. The van der Waals surface area contributed by atoms with Gasteiger partial charge in [-0.2, -0.15) is 0 Å². The van der Waals surface area contributed by atoms with Gasteiger partial charge in [-0.3, -0.25) is 9.69 Å². The van der Waals surface area contributed by atoms with Crippen LogP contribution in [0.15, 0.2) is 73.1 Å². The van der Waals surface area contributed by atoms with Gasteiger partial charge in [0.05, 0.1) is 6.54 Å². The molecule has 2 aliphatic heterocycles. The molecule has 2 aliphatic rings. The minimum atomic E-state index is -0.545. The Labute approximate surface area is 198 Å². The molecule has 2 aromatic carbocycles. The number of hydrogen-bond acceptors (Lipinski definition) is 6. The van der Waals surface area contributed by atoms with Crippen molar-refractivity contribution in [2.24, 2.45) is 0 Å². The van der Waals surface area contributed by atoms with Gasteiger partial charge in [0, 0.05) is 44.0 Å². The van der Waals surface area contributed by atoms with Gasteiger partial charge >= 0.3 is 12.1 Å². The van der Waals surface area contributed by atoms with Crippen LogP contribution in [-0.4, -0.2) is 57.0 Å². The summed E-state index contributed by atoms with van der Waals surface area (Å²) in [6.07, 6.45) is 5.04. The molecule has 2 saturated heterocycles. The van der Waals surface area contributed by atoms with Crippen LogP contribution in [0.4, 0.5) is 4.79 Å². The van der Waals surface area contributed by atoms with Gasteiger partial charge in [0.15, 0.2) is 0 Å². The number of amides is 2. The molecular weight excluding hydrogens is 432 g/mol. The zero-order chi connectivity index (χ0) is 23.4. The highest BCUT2D eigenvalue weighted by Gasteiger charge is 2.46. The molecule has 8 nitrogen and oxygen atoms in total. The van der Waals surface area contributed by atoms with E-state index in [9.17, 15) is 9.59 Å². The van der Waals surface area contributed by atoms with Crippen LogP contribution in [0.25, 0.3) is 0 Å². The Morgan fingerprint density at radius 2 is 1.82 bits per heavy atom. The highest BCUT2D eigenvalue weighted by Crippen LogP contribution is 2.34. The van der Waals surface area contributed by atoms with Gasteiger partial charge in [-0.1, -0.05) is 36.4 Å². The van der Waals surface area contributed by atoms with Crippen molar-refractivity contribution in [3.8, 4) is 11.8 Å². The van der Waals surface area contributed by atoms with Crippen LogP contribution in [0.5, 0.6) is 11.8 Å². The minimum Gasteiger partial charge on any atom is -0.441 e. The molecule has 3 aromatic rings. The van der Waals surface area contributed by atoms with Crippen molar-refractivity contribution in [2.45, 2.75) is 31.4 Å². The molecule has 8 heteroatoms. The van der Waals surface area contributed by atoms with E-state index in [1.54, 1.807) is 47.6 Å². The van der Waals surface area contributed by atoms with Crippen molar-refractivity contribution < 1.29 is 19.1 Å². The van der Waals surface area contributed by atoms with Crippen LogP contribution < -0.4 is 4.74 Å². The monoisotopic (exact) mass is 458 g/mol. The number of carbonyl (C=O) groups excluding carboxylic acids is 2. The van der Waals surface area contributed by atoms with E-state index in [-0.39, 0.29) is 18.0 Å². The Hall–Kier alpha value is -3.94. The van der Waals surface area contributed by atoms with Crippen molar-refractivity contribution >= 4 is 12.0 Å². The Morgan fingerprint density at radius 1 is 1.00 bits per heavy atom. The minimum absolute atomic E-state index is 0.0676. The first-order chi connectivity index (χ1) is 16.6. The number of benzene rings is 2. The maximum atomic E-state index is 13.3. The van der Waals surface area contributed by atoms with E-state index in [0.717, 1.165) is 18.4 Å². The zero-order valence-electron chi connectivity index (χ0n) is 18.8. The SMILES string of the molecule is O=C1OC2(CCCN(C(=O)c3cccc(Oc4ncccn4)c3)CC2)CN1Cc1ccccc1. The summed E-state index contributed by atoms with van der Waals surface area (Å²) in [5, 5.41) is 0. The van der Waals surface area contributed by atoms with Gasteiger partial charge in [-0.05, 0) is 42.7 Å². The highest BCUT2D eigenvalue weighted by molar-refractivity contribution is 5.94. The Morgan fingerprint density at radius 3 is 2.65 bits per heavy atom. The third-order valence-corrected chi connectivity index (χ3v) is 6.27. The number of hydrogen-bond donors (Lipinski definition) is 0. The molecular formula is C26H26N4O4. The second-order valence-electron chi connectivity index (χ2n) is 8.70. The summed E-state index contributed by atoms with van der Waals surface area (Å²) >= 11 is 0. The van der Waals surface area contributed by atoms with Crippen LogP contribution in [0.2, 0.25) is 0 Å². The molecule has 0 saturated carbocycles. The molecule has 0 bridgehead atoms. The number of ether oxygens (including phenoxy) is 2. The first kappa shape index (κ1) is 21.9. The van der Waals surface area contributed by atoms with Crippen molar-refractivity contribution in [1.29, 1.82) is 0 Å². The van der Waals surface area contributed by atoms with E-state index < -0.39 is 5.60 Å². The maximum absolute atomic E-state index is 13.3. The van der Waals surface area contributed by atoms with Gasteiger partial charge < -0.3 is 14.4 Å². The van der Waals surface area contributed by atoms with Crippen molar-refractivity contribution in [3.63, 3.8) is 0 Å². The summed E-state index contributed by atoms with van der Waals surface area (Å²) in [7, 11) is 0. The second-order valence-corrected chi connectivity index (χ2v) is 8.70. The molecule has 174 valence electrons. The zero-order valence-corrected chi connectivity index (χ0v) is 18.8. The largest absolute Gasteiger partial charge is 0.441 e. The van der Waals surface area contributed by atoms with Crippen LogP contribution >= 0.6 is 0 Å². The molecule has 3 heterocycles. The summed E-state index contributed by atoms with van der Waals surface area (Å²) in [5.74, 6) is 0.437. The fourth-order valence-corrected chi connectivity index (χ4v) is 4.57. The number of aromatic nitrogens is 2. The van der Waals surface area contributed by atoms with Gasteiger partial charge in [0.1, 0.15) is 11.4 Å². The normalized spacial score (nSPS) is 20.2. The Kier molecular flexibility index (Phi) is 6.12. The third kappa shape index (κ3) is 4.85. The van der Waals surface area contributed by atoms with E-state index in [1.807, 2.05) is 35.2 Å². The van der Waals surface area contributed by atoms with E-state index in [0.29, 0.717) is 43.9 Å². The van der Waals surface area contributed by atoms with Crippen LogP contribution in [0, 0.1) is 0 Å². The summed E-state index contributed by atoms with van der Waals surface area (Å²) in [5.41, 5.74) is 1.07. The van der Waals surface area contributed by atoms with Crippen molar-refractivity contribution in [2.75, 3.05) is 19.6 Å². The lowest BCUT2D eigenvalue weighted by Crippen LogP contribution is -2.37. The number of likely N-dealkylation sites (tertiary alicyclic amines) is 1. The van der Waals surface area contributed by atoms with E-state index in [2.05, 4.69) is 9.97 Å². The predicted octanol–water partition coefficient (Wildman–Crippen LogP) is 4.29. The molecule has 5 rings (SSSR count). The Bertz CT molecular complexity index is 1160. The molecule has 2 fully saturated rings. The Balaban J connectivity index is 1.23. The number of rotatable bonds is 5. The van der Waals surface area contributed by atoms with Crippen LogP contribution in [-0.2, 0) is 11.3 Å². The smallest absolute Gasteiger partial charge is 0.410 e. The van der Waals surface area contributed by atoms with Gasteiger partial charge in [-0.25, -0.2) is 14.8 Å². The van der Waals surface area contributed by atoms with E-state index in [1.165, 1.54) is 0 Å². The summed E-state index contributed by atoms with van der Waals surface area (Å²) in [6, 6.07) is 18.9. The number of nitrogens with zero attached hydrogens (tertiary/aromatic N) is 4. The second kappa shape index (κ2) is 9.51. The summed E-state index contributed by atoms with van der Waals surface area (Å²) in [4.78, 5) is 37.5. The predicted molar refractivity (Wildman–Crippen MR) is 124 cm³/mol. The van der Waals surface area contributed by atoms with Crippen LogP contribution in [0.1, 0.15) is 35.2 Å². The summed E-state index contributed by atoms with van der Waals surface area (Å²) in [6.45, 7) is 2.22. The molecule has 2 amide bonds. The first-order valence-electron chi connectivity index (χ1n) is 11.5. The molecule has 0 N–H and O–H groups in total. The maximum Gasteiger partial charge on any atom is 0.410 e. The quantitative estimate of drug-likeness (QED) is 0.567. The first-order valence-corrected chi connectivity index (χ1v) is 11.5. The molecule has 34 heavy (non-hydrogen) atoms. The lowest BCUT2D eigenvalue weighted by atomic mass is 9.95. The molecule has 0 aliphatic carbocycles. The summed E-state index contributed by atoms with van der Waals surface area (Å²) < 4.78 is 11.6. The van der Waals surface area contributed by atoms with Gasteiger partial charge in [-0.15, -0.1) is 0 Å². The average Bonchev–Trinajstić information content (AvgIpc) is 3.02. The topological polar surface area (TPSA) is 84.9 Å².